The van der Waals surface area contributed by atoms with E-state index in [-0.39, 0.29) is 17.9 Å². The second-order valence-electron chi connectivity index (χ2n) is 6.78. The first-order chi connectivity index (χ1) is 11.5. The second kappa shape index (κ2) is 6.43. The van der Waals surface area contributed by atoms with Crippen LogP contribution >= 0.6 is 0 Å². The third kappa shape index (κ3) is 2.86. The summed E-state index contributed by atoms with van der Waals surface area (Å²) in [5, 5.41) is 6.43. The molecule has 2 N–H and O–H groups in total. The van der Waals surface area contributed by atoms with Crippen molar-refractivity contribution in [3.8, 4) is 0 Å². The van der Waals surface area contributed by atoms with Gasteiger partial charge in [0.2, 0.25) is 11.8 Å². The fourth-order valence-electron chi connectivity index (χ4n) is 3.45. The summed E-state index contributed by atoms with van der Waals surface area (Å²) in [5.41, 5.74) is 1.17. The van der Waals surface area contributed by atoms with Crippen molar-refractivity contribution in [2.24, 2.45) is 0 Å². The van der Waals surface area contributed by atoms with Gasteiger partial charge in [0.1, 0.15) is 5.54 Å². The van der Waals surface area contributed by atoms with Crippen molar-refractivity contribution in [1.82, 2.24) is 9.80 Å². The zero-order valence-corrected chi connectivity index (χ0v) is 14.6. The number of nitrogens with zero attached hydrogens (tertiary/aromatic N) is 2. The Labute approximate surface area is 143 Å². The SMILES string of the molecule is CCN(C)C(C)C(=O)N1CCC2(CC1)Nc1ccccc1NC2=O. The number of para-hydroxylation sites is 2. The van der Waals surface area contributed by atoms with Crippen molar-refractivity contribution >= 4 is 23.2 Å². The predicted octanol–water partition coefficient (Wildman–Crippen LogP) is 1.75. The number of nitrogens with one attached hydrogen (secondary N) is 2. The number of carbonyl (C=O) groups is 2. The lowest BCUT2D eigenvalue weighted by molar-refractivity contribution is -0.138. The molecule has 2 heterocycles. The molecule has 3 rings (SSSR count). The molecule has 1 saturated heterocycles. The molecule has 0 radical (unpaired) electrons. The highest BCUT2D eigenvalue weighted by Gasteiger charge is 2.45. The maximum atomic E-state index is 12.6. The Morgan fingerprint density at radius 1 is 1.29 bits per heavy atom. The number of rotatable bonds is 3. The third-order valence-corrected chi connectivity index (χ3v) is 5.43. The molecule has 2 amide bonds. The van der Waals surface area contributed by atoms with E-state index in [9.17, 15) is 9.59 Å². The minimum absolute atomic E-state index is 0.00650. The van der Waals surface area contributed by atoms with E-state index in [0.717, 1.165) is 17.9 Å². The topological polar surface area (TPSA) is 64.7 Å². The highest BCUT2D eigenvalue weighted by atomic mass is 16.2. The highest BCUT2D eigenvalue weighted by Crippen LogP contribution is 2.36. The van der Waals surface area contributed by atoms with Crippen molar-refractivity contribution in [1.29, 1.82) is 0 Å². The van der Waals surface area contributed by atoms with Gasteiger partial charge < -0.3 is 15.5 Å². The maximum Gasteiger partial charge on any atom is 0.250 e. The summed E-state index contributed by atoms with van der Waals surface area (Å²) in [6.07, 6.45) is 1.25. The van der Waals surface area contributed by atoms with Gasteiger partial charge in [0, 0.05) is 13.1 Å². The molecule has 1 aromatic carbocycles. The fraction of sp³-hybridized carbons (Fsp3) is 0.556. The minimum Gasteiger partial charge on any atom is -0.369 e. The molecular formula is C18H26N4O2. The number of anilines is 2. The molecule has 6 nitrogen and oxygen atoms in total. The monoisotopic (exact) mass is 330 g/mol. The van der Waals surface area contributed by atoms with E-state index in [1.807, 2.05) is 55.0 Å². The first-order valence-corrected chi connectivity index (χ1v) is 8.64. The predicted molar refractivity (Wildman–Crippen MR) is 95.0 cm³/mol. The van der Waals surface area contributed by atoms with Gasteiger partial charge in [-0.25, -0.2) is 0 Å². The number of likely N-dealkylation sites (N-methyl/N-ethyl adjacent to an activating group) is 1. The van der Waals surface area contributed by atoms with Crippen molar-refractivity contribution in [2.45, 2.75) is 38.3 Å². The van der Waals surface area contributed by atoms with E-state index >= 15 is 0 Å². The van der Waals surface area contributed by atoms with E-state index in [1.165, 1.54) is 0 Å². The number of benzene rings is 1. The minimum atomic E-state index is -0.606. The lowest BCUT2D eigenvalue weighted by atomic mass is 9.84. The van der Waals surface area contributed by atoms with Crippen molar-refractivity contribution in [2.75, 3.05) is 37.3 Å². The van der Waals surface area contributed by atoms with Gasteiger partial charge in [-0.3, -0.25) is 14.5 Å². The van der Waals surface area contributed by atoms with Gasteiger partial charge in [0.15, 0.2) is 0 Å². The van der Waals surface area contributed by atoms with Gasteiger partial charge in [-0.2, -0.15) is 0 Å². The lowest BCUT2D eigenvalue weighted by Crippen LogP contribution is -2.60. The summed E-state index contributed by atoms with van der Waals surface area (Å²) in [7, 11) is 1.96. The van der Waals surface area contributed by atoms with Crippen molar-refractivity contribution in [3.05, 3.63) is 24.3 Å². The summed E-state index contributed by atoms with van der Waals surface area (Å²) in [4.78, 5) is 29.1. The molecule has 0 aliphatic carbocycles. The summed E-state index contributed by atoms with van der Waals surface area (Å²) in [6.45, 7) is 6.03. The quantitative estimate of drug-likeness (QED) is 0.886. The molecule has 6 heteroatoms. The van der Waals surface area contributed by atoms with Crippen molar-refractivity contribution < 1.29 is 9.59 Å². The van der Waals surface area contributed by atoms with Crippen LogP contribution in [0.3, 0.4) is 0 Å². The van der Waals surface area contributed by atoms with Gasteiger partial charge in [-0.05, 0) is 45.5 Å². The van der Waals surface area contributed by atoms with Crippen LogP contribution in [0.1, 0.15) is 26.7 Å². The molecule has 1 fully saturated rings. The van der Waals surface area contributed by atoms with Crippen LogP contribution in [0.2, 0.25) is 0 Å². The first-order valence-electron chi connectivity index (χ1n) is 8.64. The zero-order valence-electron chi connectivity index (χ0n) is 14.6. The standard InChI is InChI=1S/C18H26N4O2/c1-4-21(3)13(2)16(23)22-11-9-18(10-12-22)17(24)19-14-7-5-6-8-15(14)20-18/h5-8,13,20H,4,9-12H2,1-3H3,(H,19,24). The molecule has 0 bridgehead atoms. The number of likely N-dealkylation sites (tertiary alicyclic amines) is 1. The molecular weight excluding hydrogens is 304 g/mol. The van der Waals surface area contributed by atoms with Crippen LogP contribution in [0.15, 0.2) is 24.3 Å². The van der Waals surface area contributed by atoms with Crippen LogP contribution in [0.4, 0.5) is 11.4 Å². The maximum absolute atomic E-state index is 12.6. The van der Waals surface area contributed by atoms with Gasteiger partial charge in [-0.15, -0.1) is 0 Å². The number of fused-ring (bicyclic) bond motifs is 1. The molecule has 1 unspecified atom stereocenters. The highest BCUT2D eigenvalue weighted by molar-refractivity contribution is 6.06. The zero-order chi connectivity index (χ0) is 17.3. The Morgan fingerprint density at radius 3 is 2.54 bits per heavy atom. The van der Waals surface area contributed by atoms with Crippen LogP contribution in [-0.4, -0.2) is 59.9 Å². The molecule has 1 spiro atoms. The van der Waals surface area contributed by atoms with Gasteiger partial charge in [-0.1, -0.05) is 19.1 Å². The summed E-state index contributed by atoms with van der Waals surface area (Å²) in [6, 6.07) is 7.61. The van der Waals surface area contributed by atoms with E-state index in [4.69, 9.17) is 0 Å². The average Bonchev–Trinajstić information content (AvgIpc) is 2.61. The molecule has 2 aliphatic rings. The molecule has 24 heavy (non-hydrogen) atoms. The average molecular weight is 330 g/mol. The van der Waals surface area contributed by atoms with Crippen LogP contribution in [0, 0.1) is 0 Å². The Hall–Kier alpha value is -2.08. The van der Waals surface area contributed by atoms with Crippen LogP contribution in [0.5, 0.6) is 0 Å². The molecule has 130 valence electrons. The summed E-state index contributed by atoms with van der Waals surface area (Å²) < 4.78 is 0. The Morgan fingerprint density at radius 2 is 1.92 bits per heavy atom. The molecule has 1 aromatic rings. The number of piperidine rings is 1. The number of carbonyl (C=O) groups excluding carboxylic acids is 2. The Kier molecular flexibility index (Phi) is 4.49. The van der Waals surface area contributed by atoms with E-state index in [1.54, 1.807) is 0 Å². The van der Waals surface area contributed by atoms with Crippen LogP contribution < -0.4 is 10.6 Å². The van der Waals surface area contributed by atoms with Crippen molar-refractivity contribution in [3.63, 3.8) is 0 Å². The largest absolute Gasteiger partial charge is 0.369 e. The molecule has 2 aliphatic heterocycles. The normalized spacial score (nSPS) is 20.3. The number of hydrogen-bond donors (Lipinski definition) is 2. The fourth-order valence-corrected chi connectivity index (χ4v) is 3.45. The lowest BCUT2D eigenvalue weighted by Gasteiger charge is -2.45. The molecule has 1 atom stereocenters. The molecule has 0 aromatic heterocycles. The van der Waals surface area contributed by atoms with E-state index in [0.29, 0.717) is 25.9 Å². The number of amides is 2. The van der Waals surface area contributed by atoms with Gasteiger partial charge in [0.25, 0.3) is 0 Å². The van der Waals surface area contributed by atoms with Gasteiger partial charge in [0.05, 0.1) is 17.4 Å². The number of hydrogen-bond acceptors (Lipinski definition) is 4. The molecule has 0 saturated carbocycles. The first kappa shape index (κ1) is 16.8. The smallest absolute Gasteiger partial charge is 0.250 e. The Bertz CT molecular complexity index is 638. The van der Waals surface area contributed by atoms with E-state index in [2.05, 4.69) is 10.6 Å². The summed E-state index contributed by atoms with van der Waals surface area (Å²) in [5.74, 6) is 0.151. The Balaban J connectivity index is 1.69. The summed E-state index contributed by atoms with van der Waals surface area (Å²) >= 11 is 0. The van der Waals surface area contributed by atoms with Gasteiger partial charge >= 0.3 is 0 Å². The van der Waals surface area contributed by atoms with Crippen LogP contribution in [-0.2, 0) is 9.59 Å². The second-order valence-corrected chi connectivity index (χ2v) is 6.78. The van der Waals surface area contributed by atoms with Crippen LogP contribution in [0.25, 0.3) is 0 Å². The third-order valence-electron chi connectivity index (χ3n) is 5.43. The van der Waals surface area contributed by atoms with E-state index < -0.39 is 5.54 Å².